The maximum Gasteiger partial charge on any atom is 0.303 e. The smallest absolute Gasteiger partial charge is 0.303 e. The van der Waals surface area contributed by atoms with E-state index in [1.807, 2.05) is 11.8 Å². The number of thioether (sulfide) groups is 1. The van der Waals surface area contributed by atoms with E-state index in [1.54, 1.807) is 0 Å². The first-order valence-corrected chi connectivity index (χ1v) is 11.3. The lowest BCUT2D eigenvalue weighted by Crippen LogP contribution is -2.30. The van der Waals surface area contributed by atoms with Crippen LogP contribution in [0.1, 0.15) is 56.1 Å². The third-order valence-corrected chi connectivity index (χ3v) is 7.98. The number of hydrogen-bond acceptors (Lipinski definition) is 3. The summed E-state index contributed by atoms with van der Waals surface area (Å²) >= 11 is 1.85. The summed E-state index contributed by atoms with van der Waals surface area (Å²) in [6, 6.07) is 13.4. The number of aryl methyl sites for hydroxylation is 1. The van der Waals surface area contributed by atoms with Crippen LogP contribution in [0.4, 0.5) is 0 Å². The van der Waals surface area contributed by atoms with Gasteiger partial charge in [-0.05, 0) is 73.8 Å². The Labute approximate surface area is 170 Å². The fraction of sp³-hybridized carbons (Fsp3) is 0.458. The zero-order valence-corrected chi connectivity index (χ0v) is 16.9. The van der Waals surface area contributed by atoms with Gasteiger partial charge in [-0.3, -0.25) is 4.79 Å². The zero-order chi connectivity index (χ0) is 19.1. The maximum absolute atomic E-state index is 10.9. The van der Waals surface area contributed by atoms with Gasteiger partial charge in [-0.2, -0.15) is 0 Å². The molecule has 146 valence electrons. The van der Waals surface area contributed by atoms with E-state index in [-0.39, 0.29) is 12.0 Å². The van der Waals surface area contributed by atoms with Crippen molar-refractivity contribution in [1.82, 2.24) is 0 Å². The number of aliphatic carboxylic acids is 1. The standard InChI is InChI=1S/C24H26O3S/c25-22(26)11-9-19-8-6-17-14-16(7-10-21(17)28-19)20-5-3-4-18-15-24(27-23(18)20)12-1-2-13-24/h3-5,7,10,14,19H,1-2,6,8-9,11-13,15H2,(H,25,26). The Balaban J connectivity index is 1.40. The van der Waals surface area contributed by atoms with E-state index < -0.39 is 5.97 Å². The van der Waals surface area contributed by atoms with E-state index in [0.29, 0.717) is 5.25 Å². The number of para-hydroxylation sites is 1. The Morgan fingerprint density at radius 1 is 1.18 bits per heavy atom. The van der Waals surface area contributed by atoms with Crippen molar-refractivity contribution in [2.75, 3.05) is 0 Å². The van der Waals surface area contributed by atoms with E-state index in [2.05, 4.69) is 36.4 Å². The highest BCUT2D eigenvalue weighted by atomic mass is 32.2. The summed E-state index contributed by atoms with van der Waals surface area (Å²) < 4.78 is 6.60. The quantitative estimate of drug-likeness (QED) is 0.704. The normalized spacial score (nSPS) is 21.9. The Bertz CT molecular complexity index is 914. The van der Waals surface area contributed by atoms with E-state index in [1.165, 1.54) is 52.8 Å². The number of carbonyl (C=O) groups is 1. The van der Waals surface area contributed by atoms with Crippen LogP contribution in [0.25, 0.3) is 11.1 Å². The average Bonchev–Trinajstić information content (AvgIpc) is 3.31. The van der Waals surface area contributed by atoms with Crippen LogP contribution in [-0.4, -0.2) is 21.9 Å². The van der Waals surface area contributed by atoms with Crippen molar-refractivity contribution in [1.29, 1.82) is 0 Å². The van der Waals surface area contributed by atoms with Gasteiger partial charge in [0.2, 0.25) is 0 Å². The molecule has 4 heteroatoms. The lowest BCUT2D eigenvalue weighted by Gasteiger charge is -2.25. The van der Waals surface area contributed by atoms with Gasteiger partial charge in [0.1, 0.15) is 11.4 Å². The molecule has 0 bridgehead atoms. The number of rotatable bonds is 4. The summed E-state index contributed by atoms with van der Waals surface area (Å²) in [4.78, 5) is 12.2. The SMILES string of the molecule is O=C(O)CCC1CCc2cc(-c3cccc4c3OC3(CCCC3)C4)ccc2S1. The molecule has 1 unspecified atom stereocenters. The molecule has 1 spiro atoms. The van der Waals surface area contributed by atoms with Gasteiger partial charge in [-0.15, -0.1) is 11.8 Å². The van der Waals surface area contributed by atoms with Gasteiger partial charge in [-0.1, -0.05) is 24.3 Å². The van der Waals surface area contributed by atoms with E-state index in [9.17, 15) is 4.79 Å². The number of fused-ring (bicyclic) bond motifs is 2. The molecule has 2 aromatic carbocycles. The second-order valence-electron chi connectivity index (χ2n) is 8.50. The first-order chi connectivity index (χ1) is 13.6. The molecular formula is C24H26O3S. The molecule has 0 radical (unpaired) electrons. The zero-order valence-electron chi connectivity index (χ0n) is 16.1. The van der Waals surface area contributed by atoms with Gasteiger partial charge in [0.15, 0.2) is 0 Å². The van der Waals surface area contributed by atoms with Gasteiger partial charge < -0.3 is 9.84 Å². The average molecular weight is 395 g/mol. The molecule has 1 aliphatic carbocycles. The van der Waals surface area contributed by atoms with Crippen molar-refractivity contribution in [3.05, 3.63) is 47.5 Å². The third kappa shape index (κ3) is 3.32. The number of hydrogen-bond donors (Lipinski definition) is 1. The highest BCUT2D eigenvalue weighted by molar-refractivity contribution is 8.00. The molecule has 1 saturated carbocycles. The minimum absolute atomic E-state index is 0.0554. The molecule has 1 N–H and O–H groups in total. The van der Waals surface area contributed by atoms with Crippen LogP contribution in [0.2, 0.25) is 0 Å². The van der Waals surface area contributed by atoms with Crippen LogP contribution in [0.3, 0.4) is 0 Å². The molecule has 28 heavy (non-hydrogen) atoms. The maximum atomic E-state index is 10.9. The fourth-order valence-electron chi connectivity index (χ4n) is 5.07. The van der Waals surface area contributed by atoms with Gasteiger partial charge in [-0.25, -0.2) is 0 Å². The first kappa shape index (κ1) is 18.1. The van der Waals surface area contributed by atoms with Crippen LogP contribution in [0.15, 0.2) is 41.3 Å². The molecule has 2 heterocycles. The lowest BCUT2D eigenvalue weighted by atomic mass is 9.93. The largest absolute Gasteiger partial charge is 0.486 e. The van der Waals surface area contributed by atoms with Crippen molar-refractivity contribution in [3.63, 3.8) is 0 Å². The molecule has 0 saturated heterocycles. The van der Waals surface area contributed by atoms with Crippen molar-refractivity contribution in [2.45, 2.75) is 73.5 Å². The van der Waals surface area contributed by atoms with Gasteiger partial charge in [0.25, 0.3) is 0 Å². The Morgan fingerprint density at radius 3 is 2.86 bits per heavy atom. The summed E-state index contributed by atoms with van der Waals surface area (Å²) in [5, 5.41) is 9.35. The molecule has 2 aromatic rings. The van der Waals surface area contributed by atoms with Crippen LogP contribution in [0.5, 0.6) is 5.75 Å². The number of ether oxygens (including phenoxy) is 1. The van der Waals surface area contributed by atoms with Crippen molar-refractivity contribution >= 4 is 17.7 Å². The van der Waals surface area contributed by atoms with Crippen LogP contribution in [-0.2, 0) is 17.6 Å². The molecule has 0 aromatic heterocycles. The molecule has 3 aliphatic rings. The Kier molecular flexibility index (Phi) is 4.62. The van der Waals surface area contributed by atoms with E-state index in [0.717, 1.165) is 31.4 Å². The highest BCUT2D eigenvalue weighted by Crippen LogP contribution is 2.49. The summed E-state index contributed by atoms with van der Waals surface area (Å²) in [6.07, 6.45) is 9.08. The summed E-state index contributed by atoms with van der Waals surface area (Å²) in [5.41, 5.74) is 5.28. The second kappa shape index (κ2) is 7.14. The molecule has 1 atom stereocenters. The van der Waals surface area contributed by atoms with Crippen LogP contribution >= 0.6 is 11.8 Å². The molecule has 1 fully saturated rings. The monoisotopic (exact) mass is 394 g/mol. The second-order valence-corrected chi connectivity index (χ2v) is 9.84. The van der Waals surface area contributed by atoms with Gasteiger partial charge >= 0.3 is 5.97 Å². The number of benzene rings is 2. The van der Waals surface area contributed by atoms with Crippen LogP contribution in [0, 0.1) is 0 Å². The summed E-state index contributed by atoms with van der Waals surface area (Å²) in [5.74, 6) is 0.409. The highest BCUT2D eigenvalue weighted by Gasteiger charge is 2.42. The predicted molar refractivity (Wildman–Crippen MR) is 112 cm³/mol. The van der Waals surface area contributed by atoms with Crippen molar-refractivity contribution in [3.8, 4) is 16.9 Å². The van der Waals surface area contributed by atoms with E-state index in [4.69, 9.17) is 9.84 Å². The minimum atomic E-state index is -0.695. The van der Waals surface area contributed by atoms with Gasteiger partial charge in [0, 0.05) is 28.6 Å². The molecular weight excluding hydrogens is 368 g/mol. The summed E-state index contributed by atoms with van der Waals surface area (Å²) in [7, 11) is 0. The van der Waals surface area contributed by atoms with Crippen molar-refractivity contribution in [2.24, 2.45) is 0 Å². The molecule has 2 aliphatic heterocycles. The van der Waals surface area contributed by atoms with Gasteiger partial charge in [0.05, 0.1) is 0 Å². The number of carboxylic acids is 1. The third-order valence-electron chi connectivity index (χ3n) is 6.52. The Hall–Kier alpha value is -1.94. The summed E-state index contributed by atoms with van der Waals surface area (Å²) in [6.45, 7) is 0. The lowest BCUT2D eigenvalue weighted by molar-refractivity contribution is -0.137. The molecule has 0 amide bonds. The fourth-order valence-corrected chi connectivity index (χ4v) is 6.36. The Morgan fingerprint density at radius 2 is 2.04 bits per heavy atom. The van der Waals surface area contributed by atoms with Crippen molar-refractivity contribution < 1.29 is 14.6 Å². The van der Waals surface area contributed by atoms with E-state index >= 15 is 0 Å². The predicted octanol–water partition coefficient (Wildman–Crippen LogP) is 5.87. The van der Waals surface area contributed by atoms with Crippen LogP contribution < -0.4 is 4.74 Å². The number of carboxylic acid groups (broad SMARTS) is 1. The minimum Gasteiger partial charge on any atom is -0.486 e. The molecule has 5 rings (SSSR count). The molecule has 3 nitrogen and oxygen atoms in total. The topological polar surface area (TPSA) is 46.5 Å². The first-order valence-electron chi connectivity index (χ1n) is 10.4.